The van der Waals surface area contributed by atoms with Gasteiger partial charge in [-0.1, -0.05) is 0 Å². The predicted molar refractivity (Wildman–Crippen MR) is 59.7 cm³/mol. The fourth-order valence-corrected chi connectivity index (χ4v) is 1.46. The first kappa shape index (κ1) is 10.7. The van der Waals surface area contributed by atoms with E-state index >= 15 is 0 Å². The number of hydrogen-bond acceptors (Lipinski definition) is 5. The Hall–Kier alpha value is -1.82. The molecule has 0 aromatic carbocycles. The zero-order valence-corrected chi connectivity index (χ0v) is 9.42. The number of nitrogens with two attached hydrogens (primary N) is 1. The predicted octanol–water partition coefficient (Wildman–Crippen LogP) is 0.503. The number of rotatable bonds is 4. The molecule has 0 aliphatic heterocycles. The van der Waals surface area contributed by atoms with Crippen molar-refractivity contribution in [3.05, 3.63) is 29.9 Å². The van der Waals surface area contributed by atoms with Crippen LogP contribution in [0.25, 0.3) is 0 Å². The lowest BCUT2D eigenvalue weighted by molar-refractivity contribution is 0.544. The number of anilines is 1. The molecule has 16 heavy (non-hydrogen) atoms. The summed E-state index contributed by atoms with van der Waals surface area (Å²) in [7, 11) is 3.81. The molecule has 0 radical (unpaired) electrons. The van der Waals surface area contributed by atoms with Crippen molar-refractivity contribution in [1.29, 1.82) is 0 Å². The molecule has 0 unspecified atom stereocenters. The first-order chi connectivity index (χ1) is 7.69. The maximum atomic E-state index is 5.46. The Morgan fingerprint density at radius 3 is 2.94 bits per heavy atom. The van der Waals surface area contributed by atoms with Crippen LogP contribution < -0.4 is 10.6 Å². The summed E-state index contributed by atoms with van der Waals surface area (Å²) in [5.41, 5.74) is 7.33. The molecular weight excluding hydrogens is 206 g/mol. The van der Waals surface area contributed by atoms with E-state index in [1.54, 1.807) is 10.9 Å². The topological polar surface area (TPSA) is 73.1 Å². The van der Waals surface area contributed by atoms with E-state index in [0.29, 0.717) is 19.1 Å². The average Bonchev–Trinajstić information content (AvgIpc) is 2.87. The van der Waals surface area contributed by atoms with Crippen LogP contribution in [0.4, 0.5) is 6.01 Å². The van der Waals surface area contributed by atoms with Crippen LogP contribution in [0.5, 0.6) is 0 Å². The highest BCUT2D eigenvalue weighted by molar-refractivity contribution is 5.27. The number of hydrogen-bond donors (Lipinski definition) is 1. The van der Waals surface area contributed by atoms with E-state index in [9.17, 15) is 0 Å². The molecule has 0 aliphatic rings. The van der Waals surface area contributed by atoms with Crippen LogP contribution in [0.1, 0.15) is 11.3 Å². The first-order valence-electron chi connectivity index (χ1n) is 5.02. The van der Waals surface area contributed by atoms with Gasteiger partial charge >= 0.3 is 0 Å². The van der Waals surface area contributed by atoms with Gasteiger partial charge in [0.1, 0.15) is 6.26 Å². The monoisotopic (exact) mass is 221 g/mol. The van der Waals surface area contributed by atoms with E-state index in [1.165, 1.54) is 0 Å². The highest BCUT2D eigenvalue weighted by Gasteiger charge is 2.09. The van der Waals surface area contributed by atoms with Crippen LogP contribution in [0.2, 0.25) is 0 Å². The van der Waals surface area contributed by atoms with Gasteiger partial charge in [-0.25, -0.2) is 0 Å². The van der Waals surface area contributed by atoms with Crippen molar-refractivity contribution in [2.75, 3.05) is 11.9 Å². The van der Waals surface area contributed by atoms with Gasteiger partial charge in [0.05, 0.1) is 18.4 Å². The van der Waals surface area contributed by atoms with Crippen LogP contribution in [0.3, 0.4) is 0 Å². The zero-order chi connectivity index (χ0) is 11.5. The fourth-order valence-electron chi connectivity index (χ4n) is 1.46. The Labute approximate surface area is 93.7 Å². The highest BCUT2D eigenvalue weighted by Crippen LogP contribution is 2.14. The largest absolute Gasteiger partial charge is 0.432 e. The van der Waals surface area contributed by atoms with Crippen molar-refractivity contribution in [2.45, 2.75) is 13.1 Å². The lowest BCUT2D eigenvalue weighted by Gasteiger charge is -2.12. The van der Waals surface area contributed by atoms with Gasteiger partial charge in [0, 0.05) is 32.4 Å². The molecule has 6 nitrogen and oxygen atoms in total. The fraction of sp³-hybridized carbons (Fsp3) is 0.400. The molecule has 2 aromatic rings. The molecule has 0 atom stereocenters. The third kappa shape index (κ3) is 2.22. The minimum atomic E-state index is 0.393. The van der Waals surface area contributed by atoms with Crippen LogP contribution in [-0.2, 0) is 20.1 Å². The second-order valence-corrected chi connectivity index (χ2v) is 3.70. The van der Waals surface area contributed by atoms with Gasteiger partial charge < -0.3 is 15.1 Å². The molecule has 86 valence electrons. The third-order valence-electron chi connectivity index (χ3n) is 2.25. The summed E-state index contributed by atoms with van der Waals surface area (Å²) < 4.78 is 7.07. The van der Waals surface area contributed by atoms with Crippen molar-refractivity contribution >= 4 is 6.01 Å². The Bertz CT molecular complexity index is 461. The number of aromatic nitrogens is 3. The molecule has 2 heterocycles. The summed E-state index contributed by atoms with van der Waals surface area (Å²) in [6, 6.07) is 0.573. The highest BCUT2D eigenvalue weighted by atomic mass is 16.4. The quantitative estimate of drug-likeness (QED) is 0.814. The van der Waals surface area contributed by atoms with Gasteiger partial charge in [-0.3, -0.25) is 4.68 Å². The van der Waals surface area contributed by atoms with E-state index in [4.69, 9.17) is 10.2 Å². The van der Waals surface area contributed by atoms with E-state index in [1.807, 2.05) is 31.4 Å². The van der Waals surface area contributed by atoms with Gasteiger partial charge in [0.25, 0.3) is 6.01 Å². The van der Waals surface area contributed by atoms with Gasteiger partial charge in [0.15, 0.2) is 0 Å². The molecule has 2 aromatic heterocycles. The molecule has 0 bridgehead atoms. The van der Waals surface area contributed by atoms with E-state index < -0.39 is 0 Å². The maximum Gasteiger partial charge on any atom is 0.297 e. The Balaban J connectivity index is 2.05. The molecular formula is C10H15N5O. The molecule has 0 amide bonds. The zero-order valence-electron chi connectivity index (χ0n) is 9.42. The number of aryl methyl sites for hydroxylation is 1. The standard InChI is InChI=1S/C10H15N5O/c1-14(5-8-4-12-15(2)6-8)10-13-9(3-11)7-16-10/h4,6-7H,3,5,11H2,1-2H3. The minimum absolute atomic E-state index is 0.393. The molecule has 0 fully saturated rings. The normalized spacial score (nSPS) is 10.7. The van der Waals surface area contributed by atoms with E-state index in [2.05, 4.69) is 10.1 Å². The van der Waals surface area contributed by atoms with Crippen molar-refractivity contribution in [3.8, 4) is 0 Å². The van der Waals surface area contributed by atoms with Crippen LogP contribution in [0.15, 0.2) is 23.1 Å². The Kier molecular flexibility index (Phi) is 2.91. The molecule has 0 saturated carbocycles. The molecule has 0 saturated heterocycles. The van der Waals surface area contributed by atoms with Gasteiger partial charge in [-0.15, -0.1) is 0 Å². The van der Waals surface area contributed by atoms with Crippen molar-refractivity contribution in [2.24, 2.45) is 12.8 Å². The summed E-state index contributed by atoms with van der Waals surface area (Å²) in [5.74, 6) is 0. The third-order valence-corrected chi connectivity index (χ3v) is 2.25. The van der Waals surface area contributed by atoms with Crippen molar-refractivity contribution in [1.82, 2.24) is 14.8 Å². The van der Waals surface area contributed by atoms with Crippen LogP contribution in [-0.4, -0.2) is 21.8 Å². The second kappa shape index (κ2) is 4.36. The smallest absolute Gasteiger partial charge is 0.297 e. The SMILES string of the molecule is CN(Cc1cnn(C)c1)c1nc(CN)co1. The van der Waals surface area contributed by atoms with E-state index in [-0.39, 0.29) is 0 Å². The Morgan fingerprint density at radius 1 is 1.56 bits per heavy atom. The van der Waals surface area contributed by atoms with Crippen molar-refractivity contribution in [3.63, 3.8) is 0 Å². The molecule has 0 aliphatic carbocycles. The lowest BCUT2D eigenvalue weighted by atomic mass is 10.3. The van der Waals surface area contributed by atoms with Gasteiger partial charge in [-0.05, 0) is 0 Å². The van der Waals surface area contributed by atoms with Crippen molar-refractivity contribution < 1.29 is 4.42 Å². The first-order valence-corrected chi connectivity index (χ1v) is 5.02. The Morgan fingerprint density at radius 2 is 2.38 bits per heavy atom. The summed E-state index contributed by atoms with van der Waals surface area (Å²) in [6.07, 6.45) is 5.36. The molecule has 2 rings (SSSR count). The number of oxazole rings is 1. The average molecular weight is 221 g/mol. The van der Waals surface area contributed by atoms with Crippen LogP contribution in [0, 0.1) is 0 Å². The number of nitrogens with zero attached hydrogens (tertiary/aromatic N) is 4. The molecule has 2 N–H and O–H groups in total. The summed E-state index contributed by atoms with van der Waals surface area (Å²) in [4.78, 5) is 6.15. The summed E-state index contributed by atoms with van der Waals surface area (Å²) in [5, 5.41) is 4.10. The second-order valence-electron chi connectivity index (χ2n) is 3.70. The molecule has 0 spiro atoms. The summed E-state index contributed by atoms with van der Waals surface area (Å²) >= 11 is 0. The van der Waals surface area contributed by atoms with Crippen LogP contribution >= 0.6 is 0 Å². The van der Waals surface area contributed by atoms with Gasteiger partial charge in [-0.2, -0.15) is 10.1 Å². The summed E-state index contributed by atoms with van der Waals surface area (Å²) in [6.45, 7) is 1.10. The molecule has 6 heteroatoms. The maximum absolute atomic E-state index is 5.46. The van der Waals surface area contributed by atoms with Gasteiger partial charge in [0.2, 0.25) is 0 Å². The van der Waals surface area contributed by atoms with E-state index in [0.717, 1.165) is 11.3 Å². The lowest BCUT2D eigenvalue weighted by Crippen LogP contribution is -2.16. The minimum Gasteiger partial charge on any atom is -0.432 e.